The fourth-order valence-corrected chi connectivity index (χ4v) is 6.08. The van der Waals surface area contributed by atoms with Gasteiger partial charge in [0, 0.05) is 38.1 Å². The number of nitrogens with one attached hydrogen (secondary N) is 3. The summed E-state index contributed by atoms with van der Waals surface area (Å²) in [5.74, 6) is 2.62. The van der Waals surface area contributed by atoms with Crippen molar-refractivity contribution in [2.45, 2.75) is 56.9 Å². The van der Waals surface area contributed by atoms with Gasteiger partial charge in [0.05, 0.1) is 0 Å². The number of carbonyl (C=O) groups is 2. The molecule has 1 aliphatic heterocycles. The zero-order chi connectivity index (χ0) is 17.3. The molecule has 0 radical (unpaired) electrons. The highest BCUT2D eigenvalue weighted by molar-refractivity contribution is 5.85. The molecule has 0 spiro atoms. The highest BCUT2D eigenvalue weighted by Gasteiger charge is 2.51. The lowest BCUT2D eigenvalue weighted by Gasteiger charge is -2.56. The molecule has 148 valence electrons. The van der Waals surface area contributed by atoms with Crippen molar-refractivity contribution >= 4 is 24.3 Å². The summed E-state index contributed by atoms with van der Waals surface area (Å²) in [7, 11) is 0. The molecule has 0 atom stereocenters. The van der Waals surface area contributed by atoms with Gasteiger partial charge in [-0.25, -0.2) is 4.79 Å². The second kappa shape index (κ2) is 8.34. The van der Waals surface area contributed by atoms with Crippen molar-refractivity contribution in [2.75, 3.05) is 32.7 Å². The second-order valence-electron chi connectivity index (χ2n) is 8.81. The highest BCUT2D eigenvalue weighted by Crippen LogP contribution is 2.55. The number of hydrogen-bond acceptors (Lipinski definition) is 3. The maximum atomic E-state index is 12.4. The predicted molar refractivity (Wildman–Crippen MR) is 103 cm³/mol. The normalized spacial score (nSPS) is 35.4. The summed E-state index contributed by atoms with van der Waals surface area (Å²) in [5.41, 5.74) is 0.0410. The van der Waals surface area contributed by atoms with Gasteiger partial charge in [-0.1, -0.05) is 0 Å². The zero-order valence-electron chi connectivity index (χ0n) is 15.6. The van der Waals surface area contributed by atoms with Gasteiger partial charge in [-0.3, -0.25) is 4.79 Å². The summed E-state index contributed by atoms with van der Waals surface area (Å²) in [5, 5.41) is 9.54. The zero-order valence-corrected chi connectivity index (χ0v) is 16.4. The molecule has 6 nitrogen and oxygen atoms in total. The van der Waals surface area contributed by atoms with Crippen LogP contribution in [0.5, 0.6) is 0 Å². The second-order valence-corrected chi connectivity index (χ2v) is 8.81. The Morgan fingerprint density at radius 3 is 2.31 bits per heavy atom. The molecular formula is C19H33ClN4O2. The van der Waals surface area contributed by atoms with Crippen LogP contribution in [0.25, 0.3) is 0 Å². The van der Waals surface area contributed by atoms with E-state index in [2.05, 4.69) is 16.0 Å². The summed E-state index contributed by atoms with van der Waals surface area (Å²) >= 11 is 0. The average Bonchev–Trinajstić information content (AvgIpc) is 2.82. The maximum absolute atomic E-state index is 12.4. The highest BCUT2D eigenvalue weighted by atomic mass is 35.5. The van der Waals surface area contributed by atoms with Gasteiger partial charge in [0.1, 0.15) is 0 Å². The van der Waals surface area contributed by atoms with Crippen LogP contribution in [0, 0.1) is 17.8 Å². The molecule has 3 amide bonds. The molecule has 26 heavy (non-hydrogen) atoms. The SMILES string of the molecule is Cl.O=C(NCCC(=O)N1CCCNCC1)NC12CC3CC(CC(C3)C1)C2. The van der Waals surface area contributed by atoms with E-state index in [0.717, 1.165) is 69.6 Å². The third kappa shape index (κ3) is 4.45. The molecule has 5 fully saturated rings. The van der Waals surface area contributed by atoms with Gasteiger partial charge in [0.25, 0.3) is 0 Å². The smallest absolute Gasteiger partial charge is 0.315 e. The lowest BCUT2D eigenvalue weighted by molar-refractivity contribution is -0.130. The van der Waals surface area contributed by atoms with Gasteiger partial charge >= 0.3 is 6.03 Å². The first-order valence-corrected chi connectivity index (χ1v) is 10.2. The number of rotatable bonds is 4. The van der Waals surface area contributed by atoms with Crippen molar-refractivity contribution in [3.63, 3.8) is 0 Å². The Hall–Kier alpha value is -1.01. The Balaban J connectivity index is 0.00000196. The maximum Gasteiger partial charge on any atom is 0.315 e. The number of nitrogens with zero attached hydrogens (tertiary/aromatic N) is 1. The third-order valence-corrected chi connectivity index (χ3v) is 6.73. The molecule has 0 unspecified atom stereocenters. The van der Waals surface area contributed by atoms with Gasteiger partial charge in [0.2, 0.25) is 5.91 Å². The first-order chi connectivity index (χ1) is 12.1. The number of urea groups is 1. The first kappa shape index (κ1) is 19.7. The summed E-state index contributed by atoms with van der Waals surface area (Å²) in [6.07, 6.45) is 9.01. The van der Waals surface area contributed by atoms with Crippen LogP contribution < -0.4 is 16.0 Å². The van der Waals surface area contributed by atoms with Crippen molar-refractivity contribution in [3.8, 4) is 0 Å². The number of carbonyl (C=O) groups excluding carboxylic acids is 2. The summed E-state index contributed by atoms with van der Waals surface area (Å²) in [6, 6.07) is -0.0766. The minimum atomic E-state index is -0.0766. The summed E-state index contributed by atoms with van der Waals surface area (Å²) in [4.78, 5) is 26.6. The molecule has 1 saturated heterocycles. The number of halogens is 1. The molecule has 7 heteroatoms. The Morgan fingerprint density at radius 1 is 1.00 bits per heavy atom. The summed E-state index contributed by atoms with van der Waals surface area (Å²) in [6.45, 7) is 3.88. The van der Waals surface area contributed by atoms with E-state index >= 15 is 0 Å². The molecule has 4 aliphatic carbocycles. The average molecular weight is 385 g/mol. The van der Waals surface area contributed by atoms with Crippen LogP contribution in [0.1, 0.15) is 51.4 Å². The Bertz CT molecular complexity index is 484. The van der Waals surface area contributed by atoms with Gasteiger partial charge in [-0.2, -0.15) is 0 Å². The molecular weight excluding hydrogens is 352 g/mol. The van der Waals surface area contributed by atoms with Crippen LogP contribution in [0.4, 0.5) is 4.79 Å². The van der Waals surface area contributed by atoms with E-state index in [4.69, 9.17) is 0 Å². The van der Waals surface area contributed by atoms with E-state index in [9.17, 15) is 9.59 Å². The Morgan fingerprint density at radius 2 is 1.65 bits per heavy atom. The van der Waals surface area contributed by atoms with Crippen molar-refractivity contribution in [2.24, 2.45) is 17.8 Å². The quantitative estimate of drug-likeness (QED) is 0.693. The molecule has 0 aromatic heterocycles. The molecule has 1 heterocycles. The molecule has 3 N–H and O–H groups in total. The van der Waals surface area contributed by atoms with E-state index in [0.29, 0.717) is 13.0 Å². The third-order valence-electron chi connectivity index (χ3n) is 6.73. The fraction of sp³-hybridized carbons (Fsp3) is 0.895. The lowest BCUT2D eigenvalue weighted by Crippen LogP contribution is -2.61. The molecule has 5 rings (SSSR count). The van der Waals surface area contributed by atoms with Gasteiger partial charge in [0.15, 0.2) is 0 Å². The molecule has 0 aromatic carbocycles. The number of hydrogen-bond donors (Lipinski definition) is 3. The van der Waals surface area contributed by atoms with Crippen LogP contribution in [0.2, 0.25) is 0 Å². The minimum absolute atomic E-state index is 0. The lowest BCUT2D eigenvalue weighted by atomic mass is 9.53. The standard InChI is InChI=1S/C19H32N4O2.ClH/c24-17(23-6-1-3-20-5-7-23)2-4-21-18(25)22-19-11-14-8-15(12-19)10-16(9-14)13-19;/h14-16,20H,1-13H2,(H2,21,22,25);1H. The monoisotopic (exact) mass is 384 g/mol. The van der Waals surface area contributed by atoms with Gasteiger partial charge < -0.3 is 20.9 Å². The van der Waals surface area contributed by atoms with E-state index in [-0.39, 0.29) is 29.9 Å². The van der Waals surface area contributed by atoms with E-state index in [1.54, 1.807) is 0 Å². The van der Waals surface area contributed by atoms with Crippen molar-refractivity contribution in [3.05, 3.63) is 0 Å². The van der Waals surface area contributed by atoms with Crippen molar-refractivity contribution < 1.29 is 9.59 Å². The van der Waals surface area contributed by atoms with Crippen LogP contribution >= 0.6 is 12.4 Å². The first-order valence-electron chi connectivity index (χ1n) is 10.2. The predicted octanol–water partition coefficient (Wildman–Crippen LogP) is 1.89. The fourth-order valence-electron chi connectivity index (χ4n) is 6.08. The van der Waals surface area contributed by atoms with Crippen LogP contribution in [0.3, 0.4) is 0 Å². The van der Waals surface area contributed by atoms with E-state index < -0.39 is 0 Å². The van der Waals surface area contributed by atoms with E-state index in [1.807, 2.05) is 4.90 Å². The largest absolute Gasteiger partial charge is 0.341 e. The molecule has 0 aromatic rings. The van der Waals surface area contributed by atoms with Gasteiger partial charge in [-0.05, 0) is 69.2 Å². The Labute approximate surface area is 162 Å². The Kier molecular flexibility index (Phi) is 6.33. The van der Waals surface area contributed by atoms with Crippen LogP contribution in [0.15, 0.2) is 0 Å². The topological polar surface area (TPSA) is 73.5 Å². The van der Waals surface area contributed by atoms with Crippen LogP contribution in [-0.4, -0.2) is 55.1 Å². The molecule has 4 bridgehead atoms. The van der Waals surface area contributed by atoms with Crippen molar-refractivity contribution in [1.82, 2.24) is 20.9 Å². The molecule has 5 aliphatic rings. The van der Waals surface area contributed by atoms with Crippen LogP contribution in [-0.2, 0) is 4.79 Å². The van der Waals surface area contributed by atoms with Crippen molar-refractivity contribution in [1.29, 1.82) is 0 Å². The number of amides is 3. The van der Waals surface area contributed by atoms with Gasteiger partial charge in [-0.15, -0.1) is 12.4 Å². The van der Waals surface area contributed by atoms with E-state index in [1.165, 1.54) is 19.3 Å². The molecule has 4 saturated carbocycles. The summed E-state index contributed by atoms with van der Waals surface area (Å²) < 4.78 is 0. The minimum Gasteiger partial charge on any atom is -0.341 e.